The van der Waals surface area contributed by atoms with Crippen LogP contribution in [0.2, 0.25) is 0 Å². The summed E-state index contributed by atoms with van der Waals surface area (Å²) >= 11 is 0. The van der Waals surface area contributed by atoms with Crippen molar-refractivity contribution in [3.05, 3.63) is 0 Å². The molecule has 0 bridgehead atoms. The first kappa shape index (κ1) is 10.2. The van der Waals surface area contributed by atoms with Crippen molar-refractivity contribution in [3.63, 3.8) is 0 Å². The lowest BCUT2D eigenvalue weighted by Gasteiger charge is -2.32. The molecule has 1 atom stereocenters. The molecule has 0 saturated heterocycles. The number of rotatable bonds is 5. The maximum absolute atomic E-state index is 1.61. The van der Waals surface area contributed by atoms with E-state index >= 15 is 0 Å². The van der Waals surface area contributed by atoms with E-state index in [2.05, 4.69) is 0 Å². The van der Waals surface area contributed by atoms with Crippen LogP contribution in [0.4, 0.5) is 0 Å². The van der Waals surface area contributed by atoms with Gasteiger partial charge in [0.15, 0.2) is 0 Å². The normalized spacial score (nSPS) is 30.4. The maximum Gasteiger partial charge on any atom is -0.0381 e. The van der Waals surface area contributed by atoms with Crippen molar-refractivity contribution in [2.75, 3.05) is 0 Å². The molecule has 3 fully saturated rings. The van der Waals surface area contributed by atoms with Crippen LogP contribution in [0.1, 0.15) is 70.6 Å². The summed E-state index contributed by atoms with van der Waals surface area (Å²) in [7, 11) is 0. The molecular weight excluding hydrogens is 180 g/mol. The molecule has 0 aliphatic heterocycles. The Balaban J connectivity index is 1.52. The standard InChI is InChI=1S/C15H26/c1-2-7-14(6-1)15(11-13-8-9-13)10-12-4-3-5-12/h12-15H,1-11H2. The topological polar surface area (TPSA) is 0 Å². The minimum atomic E-state index is 1.14. The van der Waals surface area contributed by atoms with E-state index in [9.17, 15) is 0 Å². The van der Waals surface area contributed by atoms with Crippen LogP contribution < -0.4 is 0 Å². The quantitative estimate of drug-likeness (QED) is 0.607. The number of hydrogen-bond acceptors (Lipinski definition) is 0. The molecule has 0 radical (unpaired) electrons. The monoisotopic (exact) mass is 206 g/mol. The predicted molar refractivity (Wildman–Crippen MR) is 64.7 cm³/mol. The van der Waals surface area contributed by atoms with Crippen molar-refractivity contribution in [1.29, 1.82) is 0 Å². The molecule has 0 spiro atoms. The summed E-state index contributed by atoms with van der Waals surface area (Å²) in [6.07, 6.45) is 17.2. The molecule has 0 heteroatoms. The molecule has 0 amide bonds. The summed E-state index contributed by atoms with van der Waals surface area (Å²) in [6.45, 7) is 0. The average molecular weight is 206 g/mol. The minimum absolute atomic E-state index is 1.14. The fourth-order valence-electron chi connectivity index (χ4n) is 3.85. The van der Waals surface area contributed by atoms with E-state index in [1.54, 1.807) is 51.4 Å². The molecule has 3 aliphatic carbocycles. The predicted octanol–water partition coefficient (Wildman–Crippen LogP) is 4.78. The van der Waals surface area contributed by atoms with Crippen molar-refractivity contribution in [1.82, 2.24) is 0 Å². The molecule has 0 nitrogen and oxygen atoms in total. The molecule has 0 aromatic heterocycles. The molecule has 1 unspecified atom stereocenters. The van der Waals surface area contributed by atoms with Gasteiger partial charge in [-0.3, -0.25) is 0 Å². The Hall–Kier alpha value is 0. The minimum Gasteiger partial charge on any atom is -0.0530 e. The first-order valence-corrected chi connectivity index (χ1v) is 7.42. The van der Waals surface area contributed by atoms with Crippen molar-refractivity contribution < 1.29 is 0 Å². The van der Waals surface area contributed by atoms with E-state index in [4.69, 9.17) is 0 Å². The largest absolute Gasteiger partial charge is 0.0530 e. The van der Waals surface area contributed by atoms with Crippen LogP contribution in [0.25, 0.3) is 0 Å². The first-order valence-electron chi connectivity index (χ1n) is 7.42. The van der Waals surface area contributed by atoms with Gasteiger partial charge in [0.05, 0.1) is 0 Å². The van der Waals surface area contributed by atoms with Crippen molar-refractivity contribution in [2.24, 2.45) is 23.7 Å². The van der Waals surface area contributed by atoms with Gasteiger partial charge in [0.1, 0.15) is 0 Å². The Morgan fingerprint density at radius 1 is 0.667 bits per heavy atom. The third-order valence-electron chi connectivity index (χ3n) is 5.26. The van der Waals surface area contributed by atoms with Crippen LogP contribution in [-0.4, -0.2) is 0 Å². The van der Waals surface area contributed by atoms with Gasteiger partial charge in [-0.05, 0) is 36.5 Å². The van der Waals surface area contributed by atoms with Crippen molar-refractivity contribution in [2.45, 2.75) is 70.6 Å². The second-order valence-corrected chi connectivity index (χ2v) is 6.52. The van der Waals surface area contributed by atoms with E-state index in [-0.39, 0.29) is 0 Å². The highest BCUT2D eigenvalue weighted by molar-refractivity contribution is 4.85. The highest BCUT2D eigenvalue weighted by Crippen LogP contribution is 2.46. The molecular formula is C15H26. The second kappa shape index (κ2) is 4.47. The first-order chi connectivity index (χ1) is 7.42. The smallest absolute Gasteiger partial charge is 0.0381 e. The molecule has 0 aromatic rings. The Kier molecular flexibility index (Phi) is 3.03. The van der Waals surface area contributed by atoms with E-state index in [0.717, 1.165) is 23.7 Å². The van der Waals surface area contributed by atoms with Crippen LogP contribution in [0.15, 0.2) is 0 Å². The van der Waals surface area contributed by atoms with E-state index in [1.165, 1.54) is 19.3 Å². The molecule has 0 heterocycles. The summed E-state index contributed by atoms with van der Waals surface area (Å²) in [5, 5.41) is 0. The fourth-order valence-corrected chi connectivity index (χ4v) is 3.85. The van der Waals surface area contributed by atoms with Gasteiger partial charge in [-0.15, -0.1) is 0 Å². The lowest BCUT2D eigenvalue weighted by atomic mass is 9.73. The van der Waals surface area contributed by atoms with Gasteiger partial charge in [-0.2, -0.15) is 0 Å². The lowest BCUT2D eigenvalue weighted by molar-refractivity contribution is 0.189. The Labute approximate surface area is 94.8 Å². The lowest BCUT2D eigenvalue weighted by Crippen LogP contribution is -2.21. The highest BCUT2D eigenvalue weighted by Gasteiger charge is 2.33. The summed E-state index contributed by atoms with van der Waals surface area (Å²) < 4.78 is 0. The number of hydrogen-bond donors (Lipinski definition) is 0. The second-order valence-electron chi connectivity index (χ2n) is 6.52. The fraction of sp³-hybridized carbons (Fsp3) is 1.00. The van der Waals surface area contributed by atoms with Gasteiger partial charge >= 0.3 is 0 Å². The molecule has 0 aromatic carbocycles. The molecule has 3 aliphatic rings. The Morgan fingerprint density at radius 3 is 1.73 bits per heavy atom. The van der Waals surface area contributed by atoms with Gasteiger partial charge in [-0.25, -0.2) is 0 Å². The van der Waals surface area contributed by atoms with Gasteiger partial charge in [0.25, 0.3) is 0 Å². The zero-order valence-electron chi connectivity index (χ0n) is 10.1. The molecule has 0 N–H and O–H groups in total. The SMILES string of the molecule is C1CC(CC(CC2CC2)C2CCCC2)C1. The van der Waals surface area contributed by atoms with Crippen molar-refractivity contribution in [3.8, 4) is 0 Å². The Morgan fingerprint density at radius 2 is 1.27 bits per heavy atom. The third-order valence-corrected chi connectivity index (χ3v) is 5.26. The highest BCUT2D eigenvalue weighted by atomic mass is 14.4. The summed E-state index contributed by atoms with van der Waals surface area (Å²) in [5.41, 5.74) is 0. The summed E-state index contributed by atoms with van der Waals surface area (Å²) in [4.78, 5) is 0. The van der Waals surface area contributed by atoms with Gasteiger partial charge in [0, 0.05) is 0 Å². The summed E-state index contributed by atoms with van der Waals surface area (Å²) in [6, 6.07) is 0. The maximum atomic E-state index is 1.61. The van der Waals surface area contributed by atoms with E-state index < -0.39 is 0 Å². The van der Waals surface area contributed by atoms with Crippen LogP contribution in [-0.2, 0) is 0 Å². The molecule has 86 valence electrons. The molecule has 15 heavy (non-hydrogen) atoms. The average Bonchev–Trinajstić information content (AvgIpc) is 2.81. The molecule has 3 rings (SSSR count). The van der Waals surface area contributed by atoms with Gasteiger partial charge < -0.3 is 0 Å². The van der Waals surface area contributed by atoms with E-state index in [1.807, 2.05) is 0 Å². The Bertz CT molecular complexity index is 194. The van der Waals surface area contributed by atoms with Gasteiger partial charge in [0.2, 0.25) is 0 Å². The van der Waals surface area contributed by atoms with Crippen LogP contribution in [0.3, 0.4) is 0 Å². The van der Waals surface area contributed by atoms with Crippen LogP contribution in [0, 0.1) is 23.7 Å². The summed E-state index contributed by atoms with van der Waals surface area (Å²) in [5.74, 6) is 4.60. The van der Waals surface area contributed by atoms with Crippen LogP contribution in [0.5, 0.6) is 0 Å². The van der Waals surface area contributed by atoms with Crippen molar-refractivity contribution >= 4 is 0 Å². The molecule has 3 saturated carbocycles. The zero-order chi connectivity index (χ0) is 10.1. The van der Waals surface area contributed by atoms with E-state index in [0.29, 0.717) is 0 Å². The third kappa shape index (κ3) is 2.57. The van der Waals surface area contributed by atoms with Crippen LogP contribution >= 0.6 is 0 Å². The van der Waals surface area contributed by atoms with Gasteiger partial charge in [-0.1, -0.05) is 57.8 Å². The zero-order valence-corrected chi connectivity index (χ0v) is 10.1.